The Labute approximate surface area is 110 Å². The summed E-state index contributed by atoms with van der Waals surface area (Å²) in [5, 5.41) is 8.98. The van der Waals surface area contributed by atoms with Crippen molar-refractivity contribution in [2.24, 2.45) is 0 Å². The first-order chi connectivity index (χ1) is 8.70. The Kier molecular flexibility index (Phi) is 5.14. The first kappa shape index (κ1) is 14.0. The van der Waals surface area contributed by atoms with Crippen LogP contribution in [0.5, 0.6) is 0 Å². The van der Waals surface area contributed by atoms with E-state index in [2.05, 4.69) is 43.3 Å². The van der Waals surface area contributed by atoms with Crippen molar-refractivity contribution in [3.05, 3.63) is 59.2 Å². The van der Waals surface area contributed by atoms with E-state index in [0.717, 1.165) is 22.3 Å². The fourth-order valence-corrected chi connectivity index (χ4v) is 1.67. The van der Waals surface area contributed by atoms with Gasteiger partial charge in [-0.1, -0.05) is 55.8 Å². The molecular formula is C17H19N. The molecule has 2 rings (SSSR count). The van der Waals surface area contributed by atoms with Crippen molar-refractivity contribution < 1.29 is 0 Å². The first-order valence-electron chi connectivity index (χ1n) is 6.28. The Hall–Kier alpha value is -2.07. The highest BCUT2D eigenvalue weighted by molar-refractivity contribution is 5.66. The molecular weight excluding hydrogens is 218 g/mol. The van der Waals surface area contributed by atoms with Crippen LogP contribution >= 0.6 is 0 Å². The summed E-state index contributed by atoms with van der Waals surface area (Å²) < 4.78 is 0. The third kappa shape index (κ3) is 3.21. The summed E-state index contributed by atoms with van der Waals surface area (Å²) in [6.45, 7) is 8.02. The van der Waals surface area contributed by atoms with Gasteiger partial charge in [0.1, 0.15) is 0 Å². The predicted octanol–water partition coefficient (Wildman–Crippen LogP) is 4.87. The summed E-state index contributed by atoms with van der Waals surface area (Å²) in [6, 6.07) is 16.5. The Morgan fingerprint density at radius 2 is 1.39 bits per heavy atom. The van der Waals surface area contributed by atoms with Crippen LogP contribution in [-0.2, 0) is 0 Å². The van der Waals surface area contributed by atoms with E-state index < -0.39 is 0 Å². The minimum absolute atomic E-state index is 0.748. The summed E-state index contributed by atoms with van der Waals surface area (Å²) in [7, 11) is 0. The highest BCUT2D eigenvalue weighted by atomic mass is 14.2. The average molecular weight is 237 g/mol. The van der Waals surface area contributed by atoms with Crippen molar-refractivity contribution in [3.63, 3.8) is 0 Å². The lowest BCUT2D eigenvalue weighted by Crippen LogP contribution is -1.84. The van der Waals surface area contributed by atoms with E-state index in [1.54, 1.807) is 0 Å². The minimum Gasteiger partial charge on any atom is -0.192 e. The smallest absolute Gasteiger partial charge is 0.0994 e. The molecule has 0 saturated heterocycles. The Balaban J connectivity index is 0.000000771. The molecule has 1 nitrogen and oxygen atoms in total. The largest absolute Gasteiger partial charge is 0.192 e. The van der Waals surface area contributed by atoms with E-state index in [1.165, 1.54) is 5.56 Å². The van der Waals surface area contributed by atoms with Gasteiger partial charge in [-0.2, -0.15) is 5.26 Å². The molecule has 0 saturated carbocycles. The number of nitrogens with zero attached hydrogens (tertiary/aromatic N) is 1. The van der Waals surface area contributed by atoms with Gasteiger partial charge in [0.05, 0.1) is 11.6 Å². The van der Waals surface area contributed by atoms with Crippen LogP contribution in [0, 0.1) is 25.2 Å². The molecule has 0 amide bonds. The molecule has 1 heteroatoms. The molecule has 18 heavy (non-hydrogen) atoms. The normalized spacial score (nSPS) is 9.06. The van der Waals surface area contributed by atoms with E-state index in [9.17, 15) is 0 Å². The fraction of sp³-hybridized carbons (Fsp3) is 0.235. The second kappa shape index (κ2) is 6.61. The maximum Gasteiger partial charge on any atom is 0.0994 e. The monoisotopic (exact) mass is 237 g/mol. The standard InChI is InChI=1S/C15H13N.C2H6/c1-11-3-6-13(7-4-11)14-8-5-12(2)15(9-14)10-16;1-2/h3-9H,1-2H3;1-2H3. The molecule has 0 aliphatic heterocycles. The summed E-state index contributed by atoms with van der Waals surface area (Å²) in [6.07, 6.45) is 0. The van der Waals surface area contributed by atoms with Gasteiger partial charge in [0.2, 0.25) is 0 Å². The van der Waals surface area contributed by atoms with Crippen molar-refractivity contribution in [3.8, 4) is 17.2 Å². The highest BCUT2D eigenvalue weighted by Gasteiger charge is 2.01. The van der Waals surface area contributed by atoms with E-state index >= 15 is 0 Å². The van der Waals surface area contributed by atoms with Crippen LogP contribution in [0.4, 0.5) is 0 Å². The number of benzene rings is 2. The molecule has 0 unspecified atom stereocenters. The topological polar surface area (TPSA) is 23.8 Å². The van der Waals surface area contributed by atoms with Gasteiger partial charge in [-0.3, -0.25) is 0 Å². The second-order valence-corrected chi connectivity index (χ2v) is 4.01. The van der Waals surface area contributed by atoms with Crippen molar-refractivity contribution >= 4 is 0 Å². The van der Waals surface area contributed by atoms with E-state index in [1.807, 2.05) is 32.9 Å². The fourth-order valence-electron chi connectivity index (χ4n) is 1.67. The molecule has 0 aromatic heterocycles. The van der Waals surface area contributed by atoms with E-state index in [4.69, 9.17) is 5.26 Å². The molecule has 0 spiro atoms. The van der Waals surface area contributed by atoms with Crippen molar-refractivity contribution in [1.82, 2.24) is 0 Å². The van der Waals surface area contributed by atoms with Crippen molar-refractivity contribution in [2.45, 2.75) is 27.7 Å². The van der Waals surface area contributed by atoms with Gasteiger partial charge in [-0.05, 0) is 36.6 Å². The maximum atomic E-state index is 8.98. The van der Waals surface area contributed by atoms with Crippen LogP contribution in [0.3, 0.4) is 0 Å². The van der Waals surface area contributed by atoms with Gasteiger partial charge in [0.25, 0.3) is 0 Å². The second-order valence-electron chi connectivity index (χ2n) is 4.01. The molecule has 0 heterocycles. The molecule has 0 N–H and O–H groups in total. The third-order valence-electron chi connectivity index (χ3n) is 2.74. The van der Waals surface area contributed by atoms with Crippen LogP contribution in [0.2, 0.25) is 0 Å². The van der Waals surface area contributed by atoms with Crippen LogP contribution in [0.15, 0.2) is 42.5 Å². The maximum absolute atomic E-state index is 8.98. The predicted molar refractivity (Wildman–Crippen MR) is 77.4 cm³/mol. The molecule has 0 aliphatic rings. The number of rotatable bonds is 1. The number of aryl methyl sites for hydroxylation is 2. The van der Waals surface area contributed by atoms with E-state index in [-0.39, 0.29) is 0 Å². The zero-order chi connectivity index (χ0) is 13.5. The molecule has 0 radical (unpaired) electrons. The van der Waals surface area contributed by atoms with Gasteiger partial charge < -0.3 is 0 Å². The minimum atomic E-state index is 0.748. The van der Waals surface area contributed by atoms with Crippen LogP contribution in [-0.4, -0.2) is 0 Å². The molecule has 0 bridgehead atoms. The molecule has 2 aromatic carbocycles. The van der Waals surface area contributed by atoms with Crippen molar-refractivity contribution in [2.75, 3.05) is 0 Å². The lowest BCUT2D eigenvalue weighted by Gasteiger charge is -2.04. The van der Waals surface area contributed by atoms with Crippen molar-refractivity contribution in [1.29, 1.82) is 5.26 Å². The molecule has 0 fully saturated rings. The zero-order valence-corrected chi connectivity index (χ0v) is 11.5. The lowest BCUT2D eigenvalue weighted by atomic mass is 10.00. The Bertz CT molecular complexity index is 545. The van der Waals surface area contributed by atoms with Gasteiger partial charge in [-0.25, -0.2) is 0 Å². The van der Waals surface area contributed by atoms with Gasteiger partial charge >= 0.3 is 0 Å². The highest BCUT2D eigenvalue weighted by Crippen LogP contribution is 2.22. The average Bonchev–Trinajstić information content (AvgIpc) is 2.43. The third-order valence-corrected chi connectivity index (χ3v) is 2.74. The van der Waals surface area contributed by atoms with Gasteiger partial charge in [0.15, 0.2) is 0 Å². The summed E-state index contributed by atoms with van der Waals surface area (Å²) in [5.41, 5.74) is 5.28. The summed E-state index contributed by atoms with van der Waals surface area (Å²) in [5.74, 6) is 0. The first-order valence-corrected chi connectivity index (χ1v) is 6.28. The van der Waals surface area contributed by atoms with E-state index in [0.29, 0.717) is 0 Å². The van der Waals surface area contributed by atoms with Gasteiger partial charge in [0, 0.05) is 0 Å². The zero-order valence-electron chi connectivity index (χ0n) is 11.5. The molecule has 0 atom stereocenters. The number of hydrogen-bond acceptors (Lipinski definition) is 1. The Morgan fingerprint density at radius 1 is 0.833 bits per heavy atom. The number of hydrogen-bond donors (Lipinski definition) is 0. The molecule has 0 aliphatic carbocycles. The number of nitriles is 1. The molecule has 2 aromatic rings. The Morgan fingerprint density at radius 3 is 1.94 bits per heavy atom. The molecule has 92 valence electrons. The summed E-state index contributed by atoms with van der Waals surface area (Å²) in [4.78, 5) is 0. The van der Waals surface area contributed by atoms with Crippen LogP contribution in [0.1, 0.15) is 30.5 Å². The SMILES string of the molecule is CC.Cc1ccc(-c2ccc(C)c(C#N)c2)cc1. The lowest BCUT2D eigenvalue weighted by molar-refractivity contribution is 1.39. The van der Waals surface area contributed by atoms with Crippen LogP contribution < -0.4 is 0 Å². The van der Waals surface area contributed by atoms with Crippen LogP contribution in [0.25, 0.3) is 11.1 Å². The van der Waals surface area contributed by atoms with Gasteiger partial charge in [-0.15, -0.1) is 0 Å². The summed E-state index contributed by atoms with van der Waals surface area (Å²) >= 11 is 0. The quantitative estimate of drug-likeness (QED) is 0.694.